The molecule has 1 saturated carbocycles. The molecule has 198 valence electrons. The molecule has 0 aromatic heterocycles. The molecule has 1 aliphatic heterocycles. The Bertz CT molecular complexity index is 1290. The average molecular weight is 538 g/mol. The van der Waals surface area contributed by atoms with Crippen LogP contribution in [0.1, 0.15) is 41.3 Å². The van der Waals surface area contributed by atoms with E-state index in [1.165, 1.54) is 12.1 Å². The molecule has 3 N–H and O–H groups in total. The van der Waals surface area contributed by atoms with Gasteiger partial charge < -0.3 is 15.2 Å². The van der Waals surface area contributed by atoms with Crippen molar-refractivity contribution in [2.75, 3.05) is 19.6 Å². The third-order valence-electron chi connectivity index (χ3n) is 6.70. The molecule has 38 heavy (non-hydrogen) atoms. The number of aliphatic hydroxyl groups is 1. The molecule has 0 radical (unpaired) electrons. The van der Waals surface area contributed by atoms with Crippen molar-refractivity contribution >= 4 is 23.3 Å². The zero-order valence-corrected chi connectivity index (χ0v) is 21.5. The maximum atomic E-state index is 13.2. The smallest absolute Gasteiger partial charge is 0.292 e. The molecule has 0 spiro atoms. The van der Waals surface area contributed by atoms with Crippen LogP contribution in [-0.4, -0.2) is 53.6 Å². The van der Waals surface area contributed by atoms with Crippen molar-refractivity contribution in [3.63, 3.8) is 0 Å². The third kappa shape index (κ3) is 6.39. The number of hydrogen-bond donors (Lipinski definition) is 3. The number of carbonyl (C=O) groups excluding carboxylic acids is 2. The fourth-order valence-corrected chi connectivity index (χ4v) is 4.65. The Kier molecular flexibility index (Phi) is 8.04. The number of ketones is 1. The number of hydrazine groups is 1. The summed E-state index contributed by atoms with van der Waals surface area (Å²) in [5, 5.41) is 16.3. The van der Waals surface area contributed by atoms with Gasteiger partial charge in [0.2, 0.25) is 5.78 Å². The van der Waals surface area contributed by atoms with Crippen molar-refractivity contribution in [1.29, 1.82) is 0 Å². The number of carbonyl (C=O) groups is 2. The first kappa shape index (κ1) is 26.3. The van der Waals surface area contributed by atoms with Crippen LogP contribution in [0.2, 0.25) is 5.02 Å². The molecule has 7 nitrogen and oxygen atoms in total. The van der Waals surface area contributed by atoms with E-state index < -0.39 is 23.8 Å². The number of aliphatic hydroxyl groups excluding tert-OH is 1. The van der Waals surface area contributed by atoms with E-state index in [0.29, 0.717) is 22.9 Å². The minimum atomic E-state index is -1.11. The maximum absolute atomic E-state index is 13.2. The summed E-state index contributed by atoms with van der Waals surface area (Å²) in [5.41, 5.74) is 5.53. The summed E-state index contributed by atoms with van der Waals surface area (Å²) in [6, 6.07) is 16.9. The molecule has 3 aromatic rings. The van der Waals surface area contributed by atoms with E-state index in [-0.39, 0.29) is 17.5 Å². The minimum absolute atomic E-state index is 0.187. The van der Waals surface area contributed by atoms with Crippen LogP contribution in [-0.2, 0) is 4.79 Å². The second-order valence-corrected chi connectivity index (χ2v) is 10.1. The van der Waals surface area contributed by atoms with Crippen molar-refractivity contribution < 1.29 is 23.8 Å². The molecule has 1 aliphatic carbocycles. The molecule has 3 aromatic carbocycles. The number of nitrogens with one attached hydrogen (secondary N) is 2. The van der Waals surface area contributed by atoms with Gasteiger partial charge in [-0.2, -0.15) is 0 Å². The Morgan fingerprint density at radius 3 is 2.37 bits per heavy atom. The molecule has 1 saturated heterocycles. The molecule has 5 rings (SSSR count). The molecule has 0 bridgehead atoms. The van der Waals surface area contributed by atoms with Gasteiger partial charge in [0.05, 0.1) is 17.2 Å². The van der Waals surface area contributed by atoms with Gasteiger partial charge in [0.1, 0.15) is 17.7 Å². The second kappa shape index (κ2) is 11.6. The van der Waals surface area contributed by atoms with E-state index in [2.05, 4.69) is 10.7 Å². The van der Waals surface area contributed by atoms with E-state index in [1.807, 2.05) is 5.01 Å². The molecule has 2 unspecified atom stereocenters. The zero-order chi connectivity index (χ0) is 26.6. The number of Topliss-reactive ketones (excluding diaryl/α,β-unsaturated/α-hetero) is 1. The predicted octanol–water partition coefficient (Wildman–Crippen LogP) is 4.30. The van der Waals surface area contributed by atoms with Crippen molar-refractivity contribution in [3.05, 3.63) is 88.7 Å². The molecule has 1 amide bonds. The van der Waals surface area contributed by atoms with Crippen molar-refractivity contribution in [2.45, 2.75) is 37.5 Å². The van der Waals surface area contributed by atoms with Gasteiger partial charge in [-0.25, -0.2) is 9.40 Å². The van der Waals surface area contributed by atoms with Crippen molar-refractivity contribution in [2.24, 2.45) is 0 Å². The fraction of sp³-hybridized carbons (Fsp3) is 0.310. The zero-order valence-electron chi connectivity index (χ0n) is 20.7. The van der Waals surface area contributed by atoms with Crippen LogP contribution in [0.25, 0.3) is 11.1 Å². The van der Waals surface area contributed by atoms with E-state index in [4.69, 9.17) is 16.3 Å². The highest BCUT2D eigenvalue weighted by molar-refractivity contribution is 6.42. The highest BCUT2D eigenvalue weighted by atomic mass is 35.5. The summed E-state index contributed by atoms with van der Waals surface area (Å²) in [6.07, 6.45) is 2.02. The van der Waals surface area contributed by atoms with Gasteiger partial charge in [0.15, 0.2) is 0 Å². The van der Waals surface area contributed by atoms with E-state index in [1.54, 1.807) is 54.6 Å². The van der Waals surface area contributed by atoms with Crippen molar-refractivity contribution in [1.82, 2.24) is 15.8 Å². The third-order valence-corrected chi connectivity index (χ3v) is 7.00. The summed E-state index contributed by atoms with van der Waals surface area (Å²) < 4.78 is 19.0. The lowest BCUT2D eigenvalue weighted by atomic mass is 10.00. The highest BCUT2D eigenvalue weighted by Crippen LogP contribution is 2.34. The summed E-state index contributed by atoms with van der Waals surface area (Å²) in [4.78, 5) is 26.0. The Morgan fingerprint density at radius 1 is 1.08 bits per heavy atom. The highest BCUT2D eigenvalue weighted by Gasteiger charge is 2.30. The lowest BCUT2D eigenvalue weighted by Gasteiger charge is -2.28. The minimum Gasteiger partial charge on any atom is -0.489 e. The van der Waals surface area contributed by atoms with E-state index in [0.717, 1.165) is 43.5 Å². The number of halogens is 2. The Labute approximate surface area is 225 Å². The van der Waals surface area contributed by atoms with Gasteiger partial charge in [-0.05, 0) is 60.2 Å². The monoisotopic (exact) mass is 537 g/mol. The SMILES string of the molecule is O=C(NC(CN1CCCN1)C(O)c1ccc(OC2CC2)c(Cl)c1)C(=O)c1ccc(-c2ccc(F)cc2)cc1. The molecule has 1 heterocycles. The lowest BCUT2D eigenvalue weighted by molar-refractivity contribution is -0.118. The number of amides is 1. The normalized spacial score (nSPS) is 17.1. The van der Waals surface area contributed by atoms with Crippen LogP contribution in [0.3, 0.4) is 0 Å². The van der Waals surface area contributed by atoms with Crippen molar-refractivity contribution in [3.8, 4) is 16.9 Å². The van der Waals surface area contributed by atoms with Gasteiger partial charge in [0.25, 0.3) is 5.91 Å². The number of benzene rings is 3. The fourth-order valence-electron chi connectivity index (χ4n) is 4.42. The van der Waals surface area contributed by atoms with Gasteiger partial charge in [-0.3, -0.25) is 15.0 Å². The first-order valence-electron chi connectivity index (χ1n) is 12.7. The molecular formula is C29H29ClFN3O4. The topological polar surface area (TPSA) is 90.9 Å². The number of ether oxygens (including phenoxy) is 1. The number of rotatable bonds is 10. The first-order chi connectivity index (χ1) is 18.4. The molecule has 2 aliphatic rings. The molecule has 2 atom stereocenters. The second-order valence-electron chi connectivity index (χ2n) is 9.65. The molecule has 9 heteroatoms. The predicted molar refractivity (Wildman–Crippen MR) is 142 cm³/mol. The van der Waals surface area contributed by atoms with Gasteiger partial charge in [-0.1, -0.05) is 54.1 Å². The summed E-state index contributed by atoms with van der Waals surface area (Å²) in [6.45, 7) is 1.85. The quantitative estimate of drug-likeness (QED) is 0.264. The van der Waals surface area contributed by atoms with Gasteiger partial charge in [0, 0.05) is 25.2 Å². The first-order valence-corrected chi connectivity index (χ1v) is 13.1. The van der Waals surface area contributed by atoms with Crippen LogP contribution in [0, 0.1) is 5.82 Å². The summed E-state index contributed by atoms with van der Waals surface area (Å²) >= 11 is 6.40. The number of nitrogens with zero attached hydrogens (tertiary/aromatic N) is 1. The summed E-state index contributed by atoms with van der Waals surface area (Å²) in [7, 11) is 0. The van der Waals surface area contributed by atoms with Crippen LogP contribution in [0.4, 0.5) is 4.39 Å². The standard InChI is InChI=1S/C29H29ClFN3O4/c30-24-16-21(8-13-26(24)38-23-11-12-23)27(35)25(17-34-15-1-14-32-34)33-29(37)28(36)20-4-2-18(3-5-20)19-6-9-22(31)10-7-19/h2-10,13,16,23,25,27,32,35H,1,11-12,14-15,17H2,(H,33,37). The van der Waals surface area contributed by atoms with Crippen LogP contribution in [0.5, 0.6) is 5.75 Å². The van der Waals surface area contributed by atoms with Crippen LogP contribution >= 0.6 is 11.6 Å². The molecular weight excluding hydrogens is 509 g/mol. The lowest BCUT2D eigenvalue weighted by Crippen LogP contribution is -2.50. The Morgan fingerprint density at radius 2 is 1.76 bits per heavy atom. The largest absolute Gasteiger partial charge is 0.489 e. The van der Waals surface area contributed by atoms with Gasteiger partial charge in [-0.15, -0.1) is 0 Å². The van der Waals surface area contributed by atoms with Gasteiger partial charge >= 0.3 is 0 Å². The van der Waals surface area contributed by atoms with E-state index in [9.17, 15) is 19.1 Å². The van der Waals surface area contributed by atoms with E-state index >= 15 is 0 Å². The van der Waals surface area contributed by atoms with Crippen LogP contribution in [0.15, 0.2) is 66.7 Å². The van der Waals surface area contributed by atoms with Crippen LogP contribution < -0.4 is 15.5 Å². The maximum Gasteiger partial charge on any atom is 0.292 e. The average Bonchev–Trinajstić information content (AvgIpc) is 3.60. The molecule has 2 fully saturated rings. The summed E-state index contributed by atoms with van der Waals surface area (Å²) in [5.74, 6) is -1.30. The number of hydrogen-bond acceptors (Lipinski definition) is 6. The Hall–Kier alpha value is -3.30. The Balaban J connectivity index is 1.29.